The van der Waals surface area contributed by atoms with E-state index in [2.05, 4.69) is 9.97 Å². The number of aryl methyl sites for hydroxylation is 2. The molecule has 3 N–H and O–H groups in total. The number of phenolic OH excluding ortho intramolecular Hbond substituents is 1. The van der Waals surface area contributed by atoms with Crippen molar-refractivity contribution in [1.29, 1.82) is 0 Å². The predicted octanol–water partition coefficient (Wildman–Crippen LogP) is 3.72. The van der Waals surface area contributed by atoms with Gasteiger partial charge in [0.2, 0.25) is 5.95 Å². The third-order valence-electron chi connectivity index (χ3n) is 3.83. The number of hydrogen-bond donors (Lipinski definition) is 2. The minimum atomic E-state index is 0.156. The number of nitrogens with zero attached hydrogens (tertiary/aromatic N) is 2. The number of methoxy groups -OCH3 is 1. The lowest BCUT2D eigenvalue weighted by atomic mass is 10.0. The van der Waals surface area contributed by atoms with Crippen molar-refractivity contribution in [1.82, 2.24) is 9.97 Å². The van der Waals surface area contributed by atoms with Crippen LogP contribution in [0.4, 0.5) is 5.95 Å². The van der Waals surface area contributed by atoms with Crippen molar-refractivity contribution >= 4 is 5.95 Å². The van der Waals surface area contributed by atoms with Crippen LogP contribution in [-0.2, 0) is 0 Å². The van der Waals surface area contributed by atoms with Crippen LogP contribution in [0, 0.1) is 13.8 Å². The summed E-state index contributed by atoms with van der Waals surface area (Å²) in [4.78, 5) is 8.60. The molecule has 24 heavy (non-hydrogen) atoms. The number of nitrogens with two attached hydrogens (primary N) is 1. The number of aromatic hydroxyl groups is 1. The molecule has 0 fully saturated rings. The molecule has 0 bridgehead atoms. The fraction of sp³-hybridized carbons (Fsp3) is 0.158. The molecule has 3 aromatic rings. The summed E-state index contributed by atoms with van der Waals surface area (Å²) in [5.74, 6) is 1.10. The van der Waals surface area contributed by atoms with Crippen molar-refractivity contribution < 1.29 is 9.84 Å². The lowest BCUT2D eigenvalue weighted by Gasteiger charge is -2.11. The molecule has 0 amide bonds. The molecule has 5 heteroatoms. The minimum absolute atomic E-state index is 0.156. The molecule has 5 nitrogen and oxygen atoms in total. The van der Waals surface area contributed by atoms with Gasteiger partial charge in [-0.3, -0.25) is 0 Å². The second-order valence-corrected chi connectivity index (χ2v) is 5.71. The van der Waals surface area contributed by atoms with E-state index in [1.165, 1.54) is 0 Å². The number of nitrogen functional groups attached to an aromatic ring is 1. The molecule has 0 atom stereocenters. The van der Waals surface area contributed by atoms with Crippen molar-refractivity contribution in [2.75, 3.05) is 12.8 Å². The monoisotopic (exact) mass is 321 g/mol. The number of phenols is 1. The SMILES string of the molecule is COc1cccc(-c2cc(-c3cc(C)cc(C)c3O)nc(N)n2)c1. The van der Waals surface area contributed by atoms with Crippen molar-refractivity contribution in [3.8, 4) is 34.0 Å². The van der Waals surface area contributed by atoms with Crippen LogP contribution in [0.2, 0.25) is 0 Å². The lowest BCUT2D eigenvalue weighted by molar-refractivity contribution is 0.415. The summed E-state index contributed by atoms with van der Waals surface area (Å²) in [7, 11) is 1.62. The van der Waals surface area contributed by atoms with Crippen LogP contribution < -0.4 is 10.5 Å². The van der Waals surface area contributed by atoms with E-state index in [9.17, 15) is 5.11 Å². The molecule has 0 aliphatic rings. The number of anilines is 1. The number of ether oxygens (including phenoxy) is 1. The van der Waals surface area contributed by atoms with Crippen LogP contribution in [0.1, 0.15) is 11.1 Å². The number of benzene rings is 2. The highest BCUT2D eigenvalue weighted by molar-refractivity contribution is 5.74. The molecule has 0 aliphatic carbocycles. The Morgan fingerprint density at radius 2 is 1.75 bits per heavy atom. The fourth-order valence-corrected chi connectivity index (χ4v) is 2.69. The molecule has 0 radical (unpaired) electrons. The van der Waals surface area contributed by atoms with Gasteiger partial charge in [-0.05, 0) is 49.2 Å². The lowest BCUT2D eigenvalue weighted by Crippen LogP contribution is -1.99. The molecular formula is C19H19N3O2. The summed E-state index contributed by atoms with van der Waals surface area (Å²) in [6, 6.07) is 13.2. The Morgan fingerprint density at radius 1 is 1.00 bits per heavy atom. The third kappa shape index (κ3) is 3.01. The van der Waals surface area contributed by atoms with Crippen LogP contribution in [0.25, 0.3) is 22.5 Å². The number of rotatable bonds is 3. The molecular weight excluding hydrogens is 302 g/mol. The first-order valence-corrected chi connectivity index (χ1v) is 7.57. The molecule has 0 saturated heterocycles. The van der Waals surface area contributed by atoms with Gasteiger partial charge in [-0.25, -0.2) is 9.97 Å². The average Bonchev–Trinajstić information content (AvgIpc) is 2.57. The van der Waals surface area contributed by atoms with E-state index >= 15 is 0 Å². The molecule has 1 aromatic heterocycles. The van der Waals surface area contributed by atoms with Gasteiger partial charge >= 0.3 is 0 Å². The van der Waals surface area contributed by atoms with Gasteiger partial charge in [0.1, 0.15) is 11.5 Å². The maximum Gasteiger partial charge on any atom is 0.221 e. The van der Waals surface area contributed by atoms with Crippen LogP contribution in [-0.4, -0.2) is 22.2 Å². The van der Waals surface area contributed by atoms with Crippen molar-refractivity contribution in [3.63, 3.8) is 0 Å². The van der Waals surface area contributed by atoms with Crippen LogP contribution in [0.3, 0.4) is 0 Å². The van der Waals surface area contributed by atoms with Gasteiger partial charge in [0.05, 0.1) is 18.5 Å². The van der Waals surface area contributed by atoms with Gasteiger partial charge in [0, 0.05) is 11.1 Å². The predicted molar refractivity (Wildman–Crippen MR) is 95.0 cm³/mol. The Balaban J connectivity index is 2.17. The van der Waals surface area contributed by atoms with Gasteiger partial charge in [-0.1, -0.05) is 18.2 Å². The second kappa shape index (κ2) is 6.20. The van der Waals surface area contributed by atoms with Gasteiger partial charge in [-0.2, -0.15) is 0 Å². The number of hydrogen-bond acceptors (Lipinski definition) is 5. The zero-order chi connectivity index (χ0) is 17.3. The normalized spacial score (nSPS) is 10.6. The highest BCUT2D eigenvalue weighted by Gasteiger charge is 2.13. The van der Waals surface area contributed by atoms with Gasteiger partial charge in [-0.15, -0.1) is 0 Å². The summed E-state index contributed by atoms with van der Waals surface area (Å²) in [5, 5.41) is 10.4. The summed E-state index contributed by atoms with van der Waals surface area (Å²) >= 11 is 0. The largest absolute Gasteiger partial charge is 0.507 e. The zero-order valence-electron chi connectivity index (χ0n) is 13.9. The second-order valence-electron chi connectivity index (χ2n) is 5.71. The van der Waals surface area contributed by atoms with Crippen LogP contribution >= 0.6 is 0 Å². The van der Waals surface area contributed by atoms with Crippen LogP contribution in [0.5, 0.6) is 11.5 Å². The minimum Gasteiger partial charge on any atom is -0.507 e. The topological polar surface area (TPSA) is 81.3 Å². The molecule has 122 valence electrons. The molecule has 3 rings (SSSR count). The third-order valence-corrected chi connectivity index (χ3v) is 3.83. The van der Waals surface area contributed by atoms with E-state index in [1.54, 1.807) is 7.11 Å². The van der Waals surface area contributed by atoms with E-state index in [-0.39, 0.29) is 11.7 Å². The van der Waals surface area contributed by atoms with E-state index in [1.807, 2.05) is 56.3 Å². The standard InChI is InChI=1S/C19H19N3O2/c1-11-7-12(2)18(23)15(8-11)17-10-16(21-19(20)22-17)13-5-4-6-14(9-13)24-3/h4-10,23H,1-3H3,(H2,20,21,22). The maximum atomic E-state index is 10.4. The van der Waals surface area contributed by atoms with Crippen molar-refractivity contribution in [2.24, 2.45) is 0 Å². The Bertz CT molecular complexity index is 907. The van der Waals surface area contributed by atoms with E-state index in [0.717, 1.165) is 22.4 Å². The maximum absolute atomic E-state index is 10.4. The Hall–Kier alpha value is -3.08. The van der Waals surface area contributed by atoms with Crippen LogP contribution in [0.15, 0.2) is 42.5 Å². The summed E-state index contributed by atoms with van der Waals surface area (Å²) in [5.41, 5.74) is 10.5. The first-order valence-electron chi connectivity index (χ1n) is 7.57. The van der Waals surface area contributed by atoms with Crippen molar-refractivity contribution in [3.05, 3.63) is 53.6 Å². The Morgan fingerprint density at radius 3 is 2.50 bits per heavy atom. The molecule has 2 aromatic carbocycles. The molecule has 0 saturated carbocycles. The molecule has 0 spiro atoms. The van der Waals surface area contributed by atoms with Gasteiger partial charge in [0.25, 0.3) is 0 Å². The average molecular weight is 321 g/mol. The molecule has 0 unspecified atom stereocenters. The first kappa shape index (κ1) is 15.8. The van der Waals surface area contributed by atoms with E-state index in [4.69, 9.17) is 10.5 Å². The zero-order valence-corrected chi connectivity index (χ0v) is 13.9. The quantitative estimate of drug-likeness (QED) is 0.768. The Labute approximate surface area is 140 Å². The van der Waals surface area contributed by atoms with E-state index < -0.39 is 0 Å². The Kier molecular flexibility index (Phi) is 4.08. The first-order chi connectivity index (χ1) is 11.5. The highest BCUT2D eigenvalue weighted by atomic mass is 16.5. The summed E-state index contributed by atoms with van der Waals surface area (Å²) < 4.78 is 5.26. The molecule has 0 aliphatic heterocycles. The fourth-order valence-electron chi connectivity index (χ4n) is 2.69. The highest BCUT2D eigenvalue weighted by Crippen LogP contribution is 2.34. The van der Waals surface area contributed by atoms with Crippen molar-refractivity contribution in [2.45, 2.75) is 13.8 Å². The van der Waals surface area contributed by atoms with Gasteiger partial charge < -0.3 is 15.6 Å². The number of aromatic nitrogens is 2. The van der Waals surface area contributed by atoms with E-state index in [0.29, 0.717) is 17.0 Å². The molecule has 1 heterocycles. The van der Waals surface area contributed by atoms with Gasteiger partial charge in [0.15, 0.2) is 0 Å². The smallest absolute Gasteiger partial charge is 0.221 e. The summed E-state index contributed by atoms with van der Waals surface area (Å²) in [6.07, 6.45) is 0. The summed E-state index contributed by atoms with van der Waals surface area (Å²) in [6.45, 7) is 3.84.